The lowest BCUT2D eigenvalue weighted by molar-refractivity contribution is 0.670. The molecule has 2 heterocycles. The molecular formula is C22H19B5N2O. The smallest absolute Gasteiger partial charge is 0.158 e. The van der Waals surface area contributed by atoms with Gasteiger partial charge in [0.15, 0.2) is 5.82 Å². The van der Waals surface area contributed by atoms with Gasteiger partial charge in [0.05, 0.1) is 5.69 Å². The van der Waals surface area contributed by atoms with Crippen molar-refractivity contribution in [3.8, 4) is 22.6 Å². The Morgan fingerprint density at radius 3 is 2.10 bits per heavy atom. The van der Waals surface area contributed by atoms with Crippen molar-refractivity contribution in [2.24, 2.45) is 0 Å². The van der Waals surface area contributed by atoms with Crippen LogP contribution in [0, 0.1) is 0 Å². The Morgan fingerprint density at radius 1 is 0.667 bits per heavy atom. The highest BCUT2D eigenvalue weighted by molar-refractivity contribution is 6.68. The maximum absolute atomic E-state index is 6.22. The van der Waals surface area contributed by atoms with E-state index >= 15 is 0 Å². The summed E-state index contributed by atoms with van der Waals surface area (Å²) in [5.41, 5.74) is 11.2. The van der Waals surface area contributed by atoms with E-state index in [2.05, 4.69) is 68.5 Å². The minimum Gasteiger partial charge on any atom is -0.455 e. The number of aromatic nitrogens is 2. The van der Waals surface area contributed by atoms with Crippen LogP contribution in [0.5, 0.6) is 0 Å². The Morgan fingerprint density at radius 2 is 1.33 bits per heavy atom. The topological polar surface area (TPSA) is 38.9 Å². The second-order valence-electron chi connectivity index (χ2n) is 8.05. The zero-order valence-electron chi connectivity index (χ0n) is 18.0. The number of para-hydroxylation sites is 2. The van der Waals surface area contributed by atoms with Gasteiger partial charge in [-0.15, -0.1) is 16.4 Å². The SMILES string of the molecule is Bc1c(B)c(B)c(-c2nccc(-c3cccc4c3oc3ccccc34)n2)c(B)c1B. The van der Waals surface area contributed by atoms with Crippen LogP contribution in [0.15, 0.2) is 59.1 Å². The summed E-state index contributed by atoms with van der Waals surface area (Å²) in [6, 6.07) is 16.4. The third-order valence-corrected chi connectivity index (χ3v) is 6.56. The molecule has 0 spiro atoms. The van der Waals surface area contributed by atoms with E-state index in [0.717, 1.165) is 44.6 Å². The molecule has 30 heavy (non-hydrogen) atoms. The van der Waals surface area contributed by atoms with Crippen LogP contribution in [-0.2, 0) is 0 Å². The number of benzene rings is 3. The van der Waals surface area contributed by atoms with E-state index in [1.165, 1.54) is 27.3 Å². The van der Waals surface area contributed by atoms with Crippen LogP contribution in [-0.4, -0.2) is 49.2 Å². The third kappa shape index (κ3) is 2.74. The predicted molar refractivity (Wildman–Crippen MR) is 141 cm³/mol. The second kappa shape index (κ2) is 6.98. The van der Waals surface area contributed by atoms with E-state index in [4.69, 9.17) is 9.40 Å². The first-order valence-corrected chi connectivity index (χ1v) is 10.3. The van der Waals surface area contributed by atoms with Gasteiger partial charge < -0.3 is 4.42 Å². The Kier molecular flexibility index (Phi) is 4.39. The first-order valence-electron chi connectivity index (χ1n) is 10.3. The quantitative estimate of drug-likeness (QED) is 0.306. The predicted octanol–water partition coefficient (Wildman–Crippen LogP) is -3.00. The van der Waals surface area contributed by atoms with Crippen LogP contribution in [0.3, 0.4) is 0 Å². The molecule has 0 amide bonds. The molecule has 0 fully saturated rings. The average Bonchev–Trinajstić information content (AvgIpc) is 3.15. The molecule has 0 saturated carbocycles. The molecule has 5 rings (SSSR count). The van der Waals surface area contributed by atoms with Crippen molar-refractivity contribution in [1.29, 1.82) is 0 Å². The first-order chi connectivity index (χ1) is 14.5. The number of hydrogen-bond acceptors (Lipinski definition) is 3. The summed E-state index contributed by atoms with van der Waals surface area (Å²) in [7, 11) is 10.9. The van der Waals surface area contributed by atoms with Crippen molar-refractivity contribution in [3.63, 3.8) is 0 Å². The van der Waals surface area contributed by atoms with Gasteiger partial charge in [0, 0.05) is 28.1 Å². The third-order valence-electron chi connectivity index (χ3n) is 6.56. The molecule has 0 aliphatic rings. The molecule has 2 aromatic heterocycles. The fourth-order valence-corrected chi connectivity index (χ4v) is 4.41. The monoisotopic (exact) mass is 382 g/mol. The Bertz CT molecular complexity index is 1430. The maximum Gasteiger partial charge on any atom is 0.158 e. The molecule has 0 saturated heterocycles. The molecule has 138 valence electrons. The Labute approximate surface area is 180 Å². The van der Waals surface area contributed by atoms with Crippen LogP contribution in [0.4, 0.5) is 0 Å². The van der Waals surface area contributed by atoms with E-state index in [9.17, 15) is 0 Å². The zero-order valence-corrected chi connectivity index (χ0v) is 18.0. The molecule has 0 bridgehead atoms. The highest BCUT2D eigenvalue weighted by Gasteiger charge is 2.17. The number of rotatable bonds is 2. The van der Waals surface area contributed by atoms with Crippen LogP contribution >= 0.6 is 0 Å². The number of fused-ring (bicyclic) bond motifs is 3. The van der Waals surface area contributed by atoms with Crippen molar-refractivity contribution < 1.29 is 4.42 Å². The van der Waals surface area contributed by atoms with Gasteiger partial charge in [0.1, 0.15) is 50.4 Å². The molecule has 3 nitrogen and oxygen atoms in total. The molecule has 8 heteroatoms. The molecule has 0 aliphatic heterocycles. The number of nitrogens with zero attached hydrogens (tertiary/aromatic N) is 2. The Balaban J connectivity index is 1.75. The molecule has 0 radical (unpaired) electrons. The van der Waals surface area contributed by atoms with E-state index in [0.29, 0.717) is 0 Å². The summed E-state index contributed by atoms with van der Waals surface area (Å²) in [4.78, 5) is 9.65. The number of furan rings is 1. The highest BCUT2D eigenvalue weighted by atomic mass is 16.3. The van der Waals surface area contributed by atoms with Gasteiger partial charge in [-0.25, -0.2) is 9.97 Å². The van der Waals surface area contributed by atoms with Crippen LogP contribution in [0.2, 0.25) is 0 Å². The van der Waals surface area contributed by atoms with Crippen molar-refractivity contribution in [2.45, 2.75) is 0 Å². The van der Waals surface area contributed by atoms with E-state index in [1.54, 1.807) is 0 Å². The summed E-state index contributed by atoms with van der Waals surface area (Å²) in [6.07, 6.45) is 1.85. The van der Waals surface area contributed by atoms with Crippen LogP contribution in [0.1, 0.15) is 0 Å². The van der Waals surface area contributed by atoms with Gasteiger partial charge >= 0.3 is 0 Å². The zero-order chi connectivity index (χ0) is 21.0. The molecule has 0 atom stereocenters. The normalized spacial score (nSPS) is 11.3. The molecule has 3 aromatic carbocycles. The van der Waals surface area contributed by atoms with Gasteiger partial charge in [0.25, 0.3) is 0 Å². The van der Waals surface area contributed by atoms with E-state index in [1.807, 2.05) is 30.5 Å². The fraction of sp³-hybridized carbons (Fsp3) is 0. The fourth-order valence-electron chi connectivity index (χ4n) is 4.41. The minimum absolute atomic E-state index is 0.766. The Hall–Kier alpha value is -3.14. The summed E-state index contributed by atoms with van der Waals surface area (Å²) >= 11 is 0. The maximum atomic E-state index is 6.22. The molecule has 5 aromatic rings. The molecular weight excluding hydrogens is 362 g/mol. The van der Waals surface area contributed by atoms with Gasteiger partial charge in [-0.05, 0) is 18.2 Å². The largest absolute Gasteiger partial charge is 0.455 e. The molecule has 0 unspecified atom stereocenters. The summed E-state index contributed by atoms with van der Waals surface area (Å²) in [5, 5.41) is 2.23. The van der Waals surface area contributed by atoms with Gasteiger partial charge in [-0.1, -0.05) is 41.3 Å². The van der Waals surface area contributed by atoms with Crippen molar-refractivity contribution >= 4 is 88.5 Å². The van der Waals surface area contributed by atoms with E-state index < -0.39 is 0 Å². The second-order valence-corrected chi connectivity index (χ2v) is 8.05. The standard InChI is InChI=1S/C22H19B5N2O/c23-16-15(17(24)19(26)20(27)18(16)25)22-28-9-8-13(29-22)12-6-3-5-11-10-4-1-2-7-14(10)30-21(11)12/h1-9H,23-27H2. The van der Waals surface area contributed by atoms with Crippen molar-refractivity contribution in [2.75, 3.05) is 0 Å². The summed E-state index contributed by atoms with van der Waals surface area (Å²) < 4.78 is 6.22. The van der Waals surface area contributed by atoms with Gasteiger partial charge in [-0.2, -0.15) is 0 Å². The summed E-state index contributed by atoms with van der Waals surface area (Å²) in [5.74, 6) is 0.766. The minimum atomic E-state index is 0.766. The molecule has 0 aliphatic carbocycles. The first kappa shape index (κ1) is 18.9. The van der Waals surface area contributed by atoms with Crippen molar-refractivity contribution in [1.82, 2.24) is 9.97 Å². The van der Waals surface area contributed by atoms with Crippen LogP contribution < -0.4 is 27.3 Å². The lowest BCUT2D eigenvalue weighted by atomic mass is 9.60. The summed E-state index contributed by atoms with van der Waals surface area (Å²) in [6.45, 7) is 0. The lowest BCUT2D eigenvalue weighted by Gasteiger charge is -2.19. The highest BCUT2D eigenvalue weighted by Crippen LogP contribution is 2.35. The number of hydrogen-bond donors (Lipinski definition) is 0. The lowest BCUT2D eigenvalue weighted by Crippen LogP contribution is -2.55. The average molecular weight is 381 g/mol. The van der Waals surface area contributed by atoms with Gasteiger partial charge in [-0.3, -0.25) is 0 Å². The van der Waals surface area contributed by atoms with Gasteiger partial charge in [0.2, 0.25) is 0 Å². The van der Waals surface area contributed by atoms with Crippen LogP contribution in [0.25, 0.3) is 44.6 Å². The molecule has 0 N–H and O–H groups in total. The van der Waals surface area contributed by atoms with E-state index in [-0.39, 0.29) is 0 Å². The van der Waals surface area contributed by atoms with Crippen molar-refractivity contribution in [3.05, 3.63) is 54.7 Å².